The van der Waals surface area contributed by atoms with Crippen LogP contribution < -0.4 is 4.74 Å². The average molecular weight is 361 g/mol. The predicted octanol–water partition coefficient (Wildman–Crippen LogP) is 3.89. The molecule has 0 spiro atoms. The fraction of sp³-hybridized carbons (Fsp3) is 0.278. The summed E-state index contributed by atoms with van der Waals surface area (Å²) in [6, 6.07) is 14.3. The number of carbonyl (C=O) groups is 1. The third-order valence-corrected chi connectivity index (χ3v) is 5.54. The summed E-state index contributed by atoms with van der Waals surface area (Å²) < 4.78 is 5.92. The van der Waals surface area contributed by atoms with Gasteiger partial charge in [-0.15, -0.1) is 0 Å². The Kier molecular flexibility index (Phi) is 3.83. The smallest absolute Gasteiger partial charge is 0.193 e. The fourth-order valence-corrected chi connectivity index (χ4v) is 3.03. The van der Waals surface area contributed by atoms with E-state index in [9.17, 15) is 9.90 Å². The van der Waals surface area contributed by atoms with E-state index in [2.05, 4.69) is 15.9 Å². The zero-order valence-electron chi connectivity index (χ0n) is 12.4. The molecular weight excluding hydrogens is 344 g/mol. The summed E-state index contributed by atoms with van der Waals surface area (Å²) in [7, 11) is 0. The van der Waals surface area contributed by atoms with Crippen LogP contribution in [-0.4, -0.2) is 21.3 Å². The molecule has 3 nitrogen and oxygen atoms in total. The molecule has 3 rings (SSSR count). The van der Waals surface area contributed by atoms with Gasteiger partial charge in [0.25, 0.3) is 0 Å². The molecule has 1 aliphatic heterocycles. The number of benzene rings is 2. The summed E-state index contributed by atoms with van der Waals surface area (Å²) in [6.07, 6.45) is -0.720. The van der Waals surface area contributed by atoms with Crippen molar-refractivity contribution in [3.8, 4) is 5.75 Å². The highest BCUT2D eigenvalue weighted by Crippen LogP contribution is 2.43. The number of halogens is 1. The third kappa shape index (κ3) is 2.57. The molecule has 0 saturated heterocycles. The SMILES string of the molecule is CC1(C)Oc2ccc(C(=O)c3ccccc3)cc2C(O)C1Br. The summed E-state index contributed by atoms with van der Waals surface area (Å²) in [5.41, 5.74) is 1.30. The van der Waals surface area contributed by atoms with Crippen LogP contribution in [0.15, 0.2) is 48.5 Å². The van der Waals surface area contributed by atoms with Gasteiger partial charge in [-0.2, -0.15) is 0 Å². The number of fused-ring (bicyclic) bond motifs is 1. The molecule has 1 aliphatic rings. The van der Waals surface area contributed by atoms with E-state index in [0.29, 0.717) is 22.4 Å². The maximum atomic E-state index is 12.5. The van der Waals surface area contributed by atoms with Crippen molar-refractivity contribution in [3.63, 3.8) is 0 Å². The zero-order valence-corrected chi connectivity index (χ0v) is 14.0. The Bertz CT molecular complexity index is 710. The number of alkyl halides is 1. The lowest BCUT2D eigenvalue weighted by Crippen LogP contribution is -2.45. The minimum absolute atomic E-state index is 0.0634. The highest BCUT2D eigenvalue weighted by atomic mass is 79.9. The van der Waals surface area contributed by atoms with Crippen LogP contribution in [0.3, 0.4) is 0 Å². The number of carbonyl (C=O) groups excluding carboxylic acids is 1. The van der Waals surface area contributed by atoms with E-state index in [1.54, 1.807) is 30.3 Å². The van der Waals surface area contributed by atoms with Crippen LogP contribution >= 0.6 is 15.9 Å². The Balaban J connectivity index is 2.00. The van der Waals surface area contributed by atoms with Crippen molar-refractivity contribution in [2.45, 2.75) is 30.4 Å². The molecule has 0 saturated carbocycles. The van der Waals surface area contributed by atoms with Gasteiger partial charge in [-0.3, -0.25) is 4.79 Å². The second-order valence-corrected chi connectivity index (χ2v) is 6.99. The molecule has 2 aromatic rings. The van der Waals surface area contributed by atoms with Gasteiger partial charge in [0.15, 0.2) is 5.78 Å². The molecule has 114 valence electrons. The number of hydrogen-bond acceptors (Lipinski definition) is 3. The molecule has 0 aromatic heterocycles. The largest absolute Gasteiger partial charge is 0.486 e. The summed E-state index contributed by atoms with van der Waals surface area (Å²) in [5, 5.41) is 10.5. The highest BCUT2D eigenvalue weighted by molar-refractivity contribution is 9.09. The van der Waals surface area contributed by atoms with Crippen molar-refractivity contribution in [3.05, 3.63) is 65.2 Å². The summed E-state index contributed by atoms with van der Waals surface area (Å²) in [5.74, 6) is 0.560. The van der Waals surface area contributed by atoms with Crippen molar-refractivity contribution < 1.29 is 14.6 Å². The summed E-state index contributed by atoms with van der Waals surface area (Å²) >= 11 is 3.49. The van der Waals surface area contributed by atoms with E-state index in [1.165, 1.54) is 0 Å². The maximum absolute atomic E-state index is 12.5. The Hall–Kier alpha value is -1.65. The molecule has 0 amide bonds. The number of aliphatic hydroxyl groups excluding tert-OH is 1. The molecule has 1 heterocycles. The Labute approximate surface area is 138 Å². The molecule has 2 aromatic carbocycles. The molecule has 2 atom stereocenters. The third-order valence-electron chi connectivity index (χ3n) is 3.94. The van der Waals surface area contributed by atoms with Crippen molar-refractivity contribution in [1.29, 1.82) is 0 Å². The Morgan fingerprint density at radius 2 is 1.82 bits per heavy atom. The number of hydrogen-bond donors (Lipinski definition) is 1. The molecule has 22 heavy (non-hydrogen) atoms. The van der Waals surface area contributed by atoms with Crippen LogP contribution in [-0.2, 0) is 0 Å². The van der Waals surface area contributed by atoms with E-state index in [4.69, 9.17) is 4.74 Å². The second-order valence-electron chi connectivity index (χ2n) is 6.00. The van der Waals surface area contributed by atoms with Gasteiger partial charge < -0.3 is 9.84 Å². The van der Waals surface area contributed by atoms with Gasteiger partial charge in [-0.25, -0.2) is 0 Å². The molecule has 2 unspecified atom stereocenters. The lowest BCUT2D eigenvalue weighted by atomic mass is 9.89. The van der Waals surface area contributed by atoms with Gasteiger partial charge in [0.1, 0.15) is 11.4 Å². The lowest BCUT2D eigenvalue weighted by molar-refractivity contribution is 0.0225. The lowest BCUT2D eigenvalue weighted by Gasteiger charge is -2.40. The van der Waals surface area contributed by atoms with Gasteiger partial charge in [-0.1, -0.05) is 46.3 Å². The van der Waals surface area contributed by atoms with Crippen molar-refractivity contribution in [2.24, 2.45) is 0 Å². The second kappa shape index (κ2) is 5.52. The first-order valence-corrected chi connectivity index (χ1v) is 8.06. The van der Waals surface area contributed by atoms with Crippen molar-refractivity contribution >= 4 is 21.7 Å². The van der Waals surface area contributed by atoms with E-state index in [0.717, 1.165) is 0 Å². The van der Waals surface area contributed by atoms with Crippen LogP contribution in [0.25, 0.3) is 0 Å². The van der Waals surface area contributed by atoms with Crippen LogP contribution in [0.1, 0.15) is 41.4 Å². The van der Waals surface area contributed by atoms with Crippen LogP contribution in [0.4, 0.5) is 0 Å². The highest BCUT2D eigenvalue weighted by Gasteiger charge is 2.41. The first-order valence-electron chi connectivity index (χ1n) is 7.15. The molecule has 0 radical (unpaired) electrons. The minimum Gasteiger partial charge on any atom is -0.486 e. The van der Waals surface area contributed by atoms with E-state index >= 15 is 0 Å². The van der Waals surface area contributed by atoms with E-state index in [-0.39, 0.29) is 10.6 Å². The molecule has 0 aliphatic carbocycles. The number of rotatable bonds is 2. The number of ketones is 1. The van der Waals surface area contributed by atoms with Gasteiger partial charge in [0, 0.05) is 16.7 Å². The monoisotopic (exact) mass is 360 g/mol. The molecule has 0 bridgehead atoms. The van der Waals surface area contributed by atoms with Crippen molar-refractivity contribution in [1.82, 2.24) is 0 Å². The van der Waals surface area contributed by atoms with Crippen LogP contribution in [0.5, 0.6) is 5.75 Å². The topological polar surface area (TPSA) is 46.5 Å². The predicted molar refractivity (Wildman–Crippen MR) is 88.7 cm³/mol. The number of ether oxygens (including phenoxy) is 1. The van der Waals surface area contributed by atoms with Gasteiger partial charge >= 0.3 is 0 Å². The molecular formula is C18H17BrO3. The standard InChI is InChI=1S/C18H17BrO3/c1-18(2)17(19)16(21)13-10-12(8-9-14(13)22-18)15(20)11-6-4-3-5-7-11/h3-10,16-17,21H,1-2H3. The van der Waals surface area contributed by atoms with E-state index < -0.39 is 11.7 Å². The average Bonchev–Trinajstić information content (AvgIpc) is 2.52. The maximum Gasteiger partial charge on any atom is 0.193 e. The normalized spacial score (nSPS) is 22.5. The van der Waals surface area contributed by atoms with Crippen molar-refractivity contribution in [2.75, 3.05) is 0 Å². The molecule has 1 N–H and O–H groups in total. The molecule has 4 heteroatoms. The summed E-state index contributed by atoms with van der Waals surface area (Å²) in [6.45, 7) is 3.84. The zero-order chi connectivity index (χ0) is 15.9. The number of aliphatic hydroxyl groups is 1. The fourth-order valence-electron chi connectivity index (χ4n) is 2.65. The first-order chi connectivity index (χ1) is 10.4. The first kappa shape index (κ1) is 15.3. The quantitative estimate of drug-likeness (QED) is 0.652. The summed E-state index contributed by atoms with van der Waals surface area (Å²) in [4.78, 5) is 12.3. The molecule has 0 fully saturated rings. The van der Waals surface area contributed by atoms with Gasteiger partial charge in [0.2, 0.25) is 0 Å². The minimum atomic E-state index is -0.720. The van der Waals surface area contributed by atoms with E-state index in [1.807, 2.05) is 32.0 Å². The van der Waals surface area contributed by atoms with Gasteiger partial charge in [0.05, 0.1) is 10.9 Å². The van der Waals surface area contributed by atoms with Crippen LogP contribution in [0.2, 0.25) is 0 Å². The van der Waals surface area contributed by atoms with Gasteiger partial charge in [-0.05, 0) is 32.0 Å². The van der Waals surface area contributed by atoms with Crippen LogP contribution in [0, 0.1) is 0 Å². The Morgan fingerprint density at radius 1 is 1.14 bits per heavy atom. The Morgan fingerprint density at radius 3 is 2.50 bits per heavy atom.